The van der Waals surface area contributed by atoms with Crippen LogP contribution in [0.3, 0.4) is 0 Å². The molecule has 2 aromatic rings. The van der Waals surface area contributed by atoms with Crippen LogP contribution in [0.15, 0.2) is 6.07 Å². The molecule has 148 valence electrons. The van der Waals surface area contributed by atoms with Crippen LogP contribution in [-0.2, 0) is 11.2 Å². The largest absolute Gasteiger partial charge is 0.444 e. The maximum atomic E-state index is 12.4. The number of carbonyl (C=O) groups excluding carboxylic acids is 1. The zero-order valence-corrected chi connectivity index (χ0v) is 18.0. The van der Waals surface area contributed by atoms with Crippen molar-refractivity contribution in [3.63, 3.8) is 0 Å². The molecule has 0 unspecified atom stereocenters. The molecule has 0 bridgehead atoms. The van der Waals surface area contributed by atoms with E-state index in [9.17, 15) is 4.79 Å². The van der Waals surface area contributed by atoms with E-state index in [1.54, 1.807) is 16.2 Å². The van der Waals surface area contributed by atoms with Gasteiger partial charge in [-0.1, -0.05) is 13.3 Å². The maximum absolute atomic E-state index is 12.4. The molecule has 0 aliphatic carbocycles. The van der Waals surface area contributed by atoms with Gasteiger partial charge in [-0.15, -0.1) is 11.3 Å². The third-order valence-electron chi connectivity index (χ3n) is 4.58. The Morgan fingerprint density at radius 3 is 2.70 bits per heavy atom. The number of piperazine rings is 1. The highest BCUT2D eigenvalue weighted by atomic mass is 32.1. The van der Waals surface area contributed by atoms with Gasteiger partial charge in [0.2, 0.25) is 0 Å². The summed E-state index contributed by atoms with van der Waals surface area (Å²) in [7, 11) is 0. The Morgan fingerprint density at radius 1 is 1.33 bits per heavy atom. The van der Waals surface area contributed by atoms with Crippen molar-refractivity contribution in [2.45, 2.75) is 66.0 Å². The Morgan fingerprint density at radius 2 is 2.07 bits per heavy atom. The molecule has 1 saturated heterocycles. The summed E-state index contributed by atoms with van der Waals surface area (Å²) in [5, 5.41) is 1.13. The lowest BCUT2D eigenvalue weighted by Crippen LogP contribution is -2.54. The summed E-state index contributed by atoms with van der Waals surface area (Å²) in [5.74, 6) is 1.79. The maximum Gasteiger partial charge on any atom is 0.410 e. The van der Waals surface area contributed by atoms with Gasteiger partial charge in [-0.2, -0.15) is 0 Å². The first kappa shape index (κ1) is 19.9. The molecular formula is C20H30N4O2S. The summed E-state index contributed by atoms with van der Waals surface area (Å²) < 4.78 is 5.53. The number of amides is 1. The summed E-state index contributed by atoms with van der Waals surface area (Å²) in [6.45, 7) is 14.0. The number of hydrogen-bond acceptors (Lipinski definition) is 6. The molecule has 0 saturated carbocycles. The number of ether oxygens (including phenoxy) is 1. The quantitative estimate of drug-likeness (QED) is 0.777. The highest BCUT2D eigenvalue weighted by Gasteiger charge is 2.31. The lowest BCUT2D eigenvalue weighted by Gasteiger charge is -2.41. The lowest BCUT2D eigenvalue weighted by atomic mass is 10.1. The van der Waals surface area contributed by atoms with Crippen LogP contribution in [0.1, 0.15) is 51.7 Å². The topological polar surface area (TPSA) is 58.6 Å². The molecule has 0 N–H and O–H groups in total. The molecule has 27 heavy (non-hydrogen) atoms. The van der Waals surface area contributed by atoms with Crippen molar-refractivity contribution in [3.05, 3.63) is 16.8 Å². The first-order valence-electron chi connectivity index (χ1n) is 9.69. The van der Waals surface area contributed by atoms with Crippen LogP contribution < -0.4 is 4.90 Å². The highest BCUT2D eigenvalue weighted by molar-refractivity contribution is 7.18. The molecule has 1 aliphatic rings. The molecule has 3 rings (SSSR count). The minimum absolute atomic E-state index is 0.165. The molecule has 0 radical (unpaired) electrons. The zero-order valence-electron chi connectivity index (χ0n) is 17.2. The molecule has 0 spiro atoms. The predicted molar refractivity (Wildman–Crippen MR) is 111 cm³/mol. The Bertz CT molecular complexity index is 827. The SMILES string of the molecule is CCCc1cc2c(N3CCN(C(=O)OC(C)(C)C)C[C@@H]3C)nc(C)nc2s1. The van der Waals surface area contributed by atoms with Gasteiger partial charge < -0.3 is 14.5 Å². The van der Waals surface area contributed by atoms with E-state index in [1.807, 2.05) is 27.7 Å². The van der Waals surface area contributed by atoms with Crippen LogP contribution in [0.5, 0.6) is 0 Å². The second-order valence-electron chi connectivity index (χ2n) is 8.24. The zero-order chi connectivity index (χ0) is 19.8. The number of nitrogens with zero attached hydrogens (tertiary/aromatic N) is 4. The standard InChI is InChI=1S/C20H30N4O2S/c1-7-8-15-11-16-17(21-14(3)22-18(16)27-15)24-10-9-23(12-13(24)2)19(25)26-20(4,5)6/h11,13H,7-10,12H2,1-6H3/t13-/m0/s1. The normalized spacial score (nSPS) is 18.2. The van der Waals surface area contributed by atoms with Crippen molar-refractivity contribution >= 4 is 33.5 Å². The van der Waals surface area contributed by atoms with E-state index >= 15 is 0 Å². The molecule has 1 aliphatic heterocycles. The summed E-state index contributed by atoms with van der Waals surface area (Å²) in [6, 6.07) is 2.41. The molecule has 1 atom stereocenters. The Hall–Kier alpha value is -1.89. The van der Waals surface area contributed by atoms with Crippen molar-refractivity contribution in [3.8, 4) is 0 Å². The number of anilines is 1. The fourth-order valence-corrected chi connectivity index (χ4v) is 4.58. The second kappa shape index (κ2) is 7.62. The van der Waals surface area contributed by atoms with Gasteiger partial charge in [0, 0.05) is 30.6 Å². The Labute approximate surface area is 165 Å². The van der Waals surface area contributed by atoms with Gasteiger partial charge >= 0.3 is 6.09 Å². The number of rotatable bonds is 3. The van der Waals surface area contributed by atoms with Crippen LogP contribution >= 0.6 is 11.3 Å². The van der Waals surface area contributed by atoms with Crippen molar-refractivity contribution < 1.29 is 9.53 Å². The third-order valence-corrected chi connectivity index (χ3v) is 5.67. The van der Waals surface area contributed by atoms with Crippen LogP contribution in [0.4, 0.5) is 10.6 Å². The Kier molecular flexibility index (Phi) is 5.60. The van der Waals surface area contributed by atoms with Crippen molar-refractivity contribution in [2.24, 2.45) is 0 Å². The summed E-state index contributed by atoms with van der Waals surface area (Å²) in [6.07, 6.45) is 1.96. The first-order valence-corrected chi connectivity index (χ1v) is 10.5. The van der Waals surface area contributed by atoms with E-state index < -0.39 is 5.60 Å². The number of fused-ring (bicyclic) bond motifs is 1. The second-order valence-corrected chi connectivity index (χ2v) is 9.36. The molecule has 2 aromatic heterocycles. The average Bonchev–Trinajstić information content (AvgIpc) is 2.95. The molecular weight excluding hydrogens is 360 g/mol. The van der Waals surface area contributed by atoms with Gasteiger partial charge in [-0.05, 0) is 47.1 Å². The lowest BCUT2D eigenvalue weighted by molar-refractivity contribution is 0.0218. The minimum atomic E-state index is -0.472. The smallest absolute Gasteiger partial charge is 0.410 e. The predicted octanol–water partition coefficient (Wildman–Crippen LogP) is 4.40. The summed E-state index contributed by atoms with van der Waals surface area (Å²) >= 11 is 1.76. The highest BCUT2D eigenvalue weighted by Crippen LogP contribution is 2.33. The molecule has 6 nitrogen and oxygen atoms in total. The average molecular weight is 391 g/mol. The summed E-state index contributed by atoms with van der Waals surface area (Å²) in [4.78, 5) is 28.3. The first-order chi connectivity index (χ1) is 12.7. The minimum Gasteiger partial charge on any atom is -0.444 e. The van der Waals surface area contributed by atoms with Crippen LogP contribution in [0, 0.1) is 6.92 Å². The van der Waals surface area contributed by atoms with Crippen molar-refractivity contribution in [1.29, 1.82) is 0 Å². The molecule has 7 heteroatoms. The number of aromatic nitrogens is 2. The molecule has 0 aromatic carbocycles. The van der Waals surface area contributed by atoms with Crippen molar-refractivity contribution in [2.75, 3.05) is 24.5 Å². The van der Waals surface area contributed by atoms with Gasteiger partial charge in [0.1, 0.15) is 22.1 Å². The van der Waals surface area contributed by atoms with E-state index in [1.165, 1.54) is 4.88 Å². The van der Waals surface area contributed by atoms with Gasteiger partial charge in [0.15, 0.2) is 0 Å². The number of hydrogen-bond donors (Lipinski definition) is 0. The number of aryl methyl sites for hydroxylation is 2. The van der Waals surface area contributed by atoms with E-state index in [4.69, 9.17) is 9.72 Å². The van der Waals surface area contributed by atoms with E-state index in [-0.39, 0.29) is 12.1 Å². The summed E-state index contributed by atoms with van der Waals surface area (Å²) in [5.41, 5.74) is -0.472. The van der Waals surface area contributed by atoms with Gasteiger partial charge in [-0.25, -0.2) is 14.8 Å². The van der Waals surface area contributed by atoms with Gasteiger partial charge in [-0.3, -0.25) is 0 Å². The van der Waals surface area contributed by atoms with Crippen LogP contribution in [0.25, 0.3) is 10.2 Å². The number of carbonyl (C=O) groups is 1. The molecule has 1 amide bonds. The van der Waals surface area contributed by atoms with E-state index in [0.29, 0.717) is 13.1 Å². The van der Waals surface area contributed by atoms with Gasteiger partial charge in [0.05, 0.1) is 5.39 Å². The van der Waals surface area contributed by atoms with Crippen LogP contribution in [0.2, 0.25) is 0 Å². The van der Waals surface area contributed by atoms with Crippen LogP contribution in [-0.4, -0.2) is 52.2 Å². The fraction of sp³-hybridized carbons (Fsp3) is 0.650. The molecule has 3 heterocycles. The third kappa shape index (κ3) is 4.51. The van der Waals surface area contributed by atoms with E-state index in [0.717, 1.165) is 41.2 Å². The van der Waals surface area contributed by atoms with E-state index in [2.05, 4.69) is 29.8 Å². The molecule has 1 fully saturated rings. The van der Waals surface area contributed by atoms with Crippen molar-refractivity contribution in [1.82, 2.24) is 14.9 Å². The Balaban J connectivity index is 1.82. The monoisotopic (exact) mass is 390 g/mol. The fourth-order valence-electron chi connectivity index (χ4n) is 3.41. The number of thiophene rings is 1. The van der Waals surface area contributed by atoms with Gasteiger partial charge in [0.25, 0.3) is 0 Å².